The lowest BCUT2D eigenvalue weighted by Gasteiger charge is -2.17. The predicted molar refractivity (Wildman–Crippen MR) is 60.2 cm³/mol. The van der Waals surface area contributed by atoms with Crippen LogP contribution in [0.4, 0.5) is 13.2 Å². The summed E-state index contributed by atoms with van der Waals surface area (Å²) in [6.07, 6.45) is -4.52. The van der Waals surface area contributed by atoms with Crippen molar-refractivity contribution in [2.24, 2.45) is 0 Å². The van der Waals surface area contributed by atoms with Gasteiger partial charge in [-0.25, -0.2) is 4.57 Å². The molecular formula is C8H16F3O4PS. The van der Waals surface area contributed by atoms with E-state index in [1.807, 2.05) is 0 Å². The number of rotatable bonds is 9. The van der Waals surface area contributed by atoms with Gasteiger partial charge in [-0.05, 0) is 25.2 Å². The number of alkyl halides is 3. The molecule has 0 aliphatic heterocycles. The molecule has 0 saturated heterocycles. The minimum absolute atomic E-state index is 0.0246. The van der Waals surface area contributed by atoms with E-state index in [-0.39, 0.29) is 19.0 Å². The summed E-state index contributed by atoms with van der Waals surface area (Å²) in [4.78, 5) is 0. The molecule has 0 heterocycles. The molecule has 0 N–H and O–H groups in total. The molecule has 0 saturated carbocycles. The van der Waals surface area contributed by atoms with Crippen molar-refractivity contribution >= 4 is 18.2 Å². The Morgan fingerprint density at radius 1 is 1.18 bits per heavy atom. The van der Waals surface area contributed by atoms with Crippen molar-refractivity contribution in [1.29, 1.82) is 0 Å². The van der Waals surface area contributed by atoms with Gasteiger partial charge in [-0.3, -0.25) is 4.52 Å². The fraction of sp³-hybridized carbons (Fsp3) is 1.00. The monoisotopic (exact) mass is 296 g/mol. The highest BCUT2D eigenvalue weighted by molar-refractivity contribution is 8.55. The summed E-state index contributed by atoms with van der Waals surface area (Å²) in [5.74, 6) is 0.253. The Labute approximate surface area is 102 Å². The average molecular weight is 296 g/mol. The number of hydrogen-bond donors (Lipinski definition) is 0. The predicted octanol–water partition coefficient (Wildman–Crippen LogP) is 3.48. The van der Waals surface area contributed by atoms with Crippen LogP contribution in [0.5, 0.6) is 0 Å². The van der Waals surface area contributed by atoms with Crippen molar-refractivity contribution < 1.29 is 31.5 Å². The van der Waals surface area contributed by atoms with E-state index in [9.17, 15) is 17.7 Å². The molecule has 0 aliphatic rings. The Morgan fingerprint density at radius 3 is 2.29 bits per heavy atom. The molecule has 1 unspecified atom stereocenters. The van der Waals surface area contributed by atoms with Gasteiger partial charge in [0.25, 0.3) is 0 Å². The zero-order valence-electron chi connectivity index (χ0n) is 9.66. The van der Waals surface area contributed by atoms with Gasteiger partial charge in [0.2, 0.25) is 0 Å². The van der Waals surface area contributed by atoms with E-state index >= 15 is 0 Å². The Hall–Kier alpha value is 0.250. The van der Waals surface area contributed by atoms with Crippen LogP contribution < -0.4 is 0 Å². The summed E-state index contributed by atoms with van der Waals surface area (Å²) in [5, 5.41) is 0. The van der Waals surface area contributed by atoms with Gasteiger partial charge >= 0.3 is 13.0 Å². The lowest BCUT2D eigenvalue weighted by molar-refractivity contribution is -0.154. The Bertz CT molecular complexity index is 249. The van der Waals surface area contributed by atoms with Crippen LogP contribution in [0.2, 0.25) is 0 Å². The molecule has 0 aliphatic carbocycles. The van der Waals surface area contributed by atoms with Crippen molar-refractivity contribution in [2.75, 3.05) is 32.2 Å². The lowest BCUT2D eigenvalue weighted by Crippen LogP contribution is -2.16. The first-order valence-corrected chi connectivity index (χ1v) is 8.14. The minimum atomic E-state index is -4.52. The van der Waals surface area contributed by atoms with Crippen LogP contribution in [0.1, 0.15) is 13.8 Å². The molecule has 0 aromatic rings. The zero-order valence-corrected chi connectivity index (χ0v) is 11.4. The lowest BCUT2D eigenvalue weighted by atomic mass is 10.7. The molecule has 104 valence electrons. The highest BCUT2D eigenvalue weighted by atomic mass is 32.7. The summed E-state index contributed by atoms with van der Waals surface area (Å²) < 4.78 is 61.6. The summed E-state index contributed by atoms with van der Waals surface area (Å²) in [6, 6.07) is 0. The van der Waals surface area contributed by atoms with Crippen molar-refractivity contribution in [1.82, 2.24) is 0 Å². The van der Waals surface area contributed by atoms with Crippen LogP contribution in [0.3, 0.4) is 0 Å². The van der Waals surface area contributed by atoms with E-state index in [1.165, 1.54) is 6.92 Å². The van der Waals surface area contributed by atoms with E-state index in [0.29, 0.717) is 18.0 Å². The standard InChI is InChI=1S/C8H16F3O4PS/c1-3-13-5-6-17-16(12,14-4-2)15-7-8(9,10)11/h3-7H2,1-2H3. The quantitative estimate of drug-likeness (QED) is 0.481. The normalized spacial score (nSPS) is 15.8. The molecule has 4 nitrogen and oxygen atoms in total. The zero-order chi connectivity index (χ0) is 13.4. The highest BCUT2D eigenvalue weighted by Gasteiger charge is 2.34. The van der Waals surface area contributed by atoms with Gasteiger partial charge in [-0.2, -0.15) is 13.2 Å². The second-order valence-electron chi connectivity index (χ2n) is 2.78. The van der Waals surface area contributed by atoms with Gasteiger partial charge in [0.05, 0.1) is 13.2 Å². The van der Waals surface area contributed by atoms with Crippen molar-refractivity contribution in [3.8, 4) is 0 Å². The van der Waals surface area contributed by atoms with E-state index in [0.717, 1.165) is 0 Å². The van der Waals surface area contributed by atoms with Gasteiger partial charge in [0.1, 0.15) is 0 Å². The van der Waals surface area contributed by atoms with E-state index < -0.39 is 19.6 Å². The number of ether oxygens (including phenoxy) is 1. The maximum Gasteiger partial charge on any atom is 0.412 e. The number of halogens is 3. The van der Waals surface area contributed by atoms with Gasteiger partial charge in [-0.15, -0.1) is 0 Å². The van der Waals surface area contributed by atoms with Crippen molar-refractivity contribution in [2.45, 2.75) is 20.0 Å². The van der Waals surface area contributed by atoms with E-state index in [2.05, 4.69) is 4.52 Å². The molecule has 0 rings (SSSR count). The summed E-state index contributed by atoms with van der Waals surface area (Å²) in [5.41, 5.74) is 0. The van der Waals surface area contributed by atoms with Crippen LogP contribution in [0.25, 0.3) is 0 Å². The third-order valence-electron chi connectivity index (χ3n) is 1.35. The largest absolute Gasteiger partial charge is 0.412 e. The van der Waals surface area contributed by atoms with E-state index in [1.54, 1.807) is 6.92 Å². The van der Waals surface area contributed by atoms with E-state index in [4.69, 9.17) is 9.26 Å². The first-order valence-electron chi connectivity index (χ1n) is 5.01. The Balaban J connectivity index is 4.11. The fourth-order valence-electron chi connectivity index (χ4n) is 0.775. The summed E-state index contributed by atoms with van der Waals surface area (Å²) in [7, 11) is 0. The maximum atomic E-state index is 11.9. The van der Waals surface area contributed by atoms with Gasteiger partial charge in [0.15, 0.2) is 6.61 Å². The second-order valence-corrected chi connectivity index (χ2v) is 6.98. The molecule has 17 heavy (non-hydrogen) atoms. The third-order valence-corrected chi connectivity index (χ3v) is 5.17. The Kier molecular flexibility index (Phi) is 8.49. The van der Waals surface area contributed by atoms with Crippen LogP contribution >= 0.6 is 18.2 Å². The molecule has 9 heteroatoms. The molecular weight excluding hydrogens is 280 g/mol. The molecule has 0 bridgehead atoms. The van der Waals surface area contributed by atoms with Crippen LogP contribution in [0, 0.1) is 0 Å². The number of hydrogen-bond acceptors (Lipinski definition) is 5. The summed E-state index contributed by atoms with van der Waals surface area (Å²) >= 11 is 0.715. The summed E-state index contributed by atoms with van der Waals surface area (Å²) in [6.45, 7) is -1.20. The molecule has 0 amide bonds. The molecule has 0 aromatic heterocycles. The van der Waals surface area contributed by atoms with Gasteiger partial charge < -0.3 is 9.26 Å². The molecule has 0 radical (unpaired) electrons. The second kappa shape index (κ2) is 8.37. The van der Waals surface area contributed by atoms with Gasteiger partial charge in [-0.1, -0.05) is 0 Å². The Morgan fingerprint density at radius 2 is 1.82 bits per heavy atom. The van der Waals surface area contributed by atoms with Crippen LogP contribution in [0.15, 0.2) is 0 Å². The fourth-order valence-corrected chi connectivity index (χ4v) is 3.85. The molecule has 1 atom stereocenters. The van der Waals surface area contributed by atoms with Crippen molar-refractivity contribution in [3.05, 3.63) is 0 Å². The smallest absolute Gasteiger partial charge is 0.381 e. The first-order chi connectivity index (χ1) is 7.83. The molecule has 0 spiro atoms. The molecule has 0 fully saturated rings. The first kappa shape index (κ1) is 17.2. The van der Waals surface area contributed by atoms with Crippen LogP contribution in [-0.2, 0) is 18.3 Å². The topological polar surface area (TPSA) is 44.8 Å². The maximum absolute atomic E-state index is 11.9. The van der Waals surface area contributed by atoms with Gasteiger partial charge in [0, 0.05) is 12.4 Å². The van der Waals surface area contributed by atoms with Crippen LogP contribution in [-0.4, -0.2) is 38.4 Å². The third kappa shape index (κ3) is 9.91. The SMILES string of the molecule is CCOCCSP(=O)(OCC)OCC(F)(F)F. The highest BCUT2D eigenvalue weighted by Crippen LogP contribution is 2.60. The minimum Gasteiger partial charge on any atom is -0.381 e. The van der Waals surface area contributed by atoms with Crippen molar-refractivity contribution in [3.63, 3.8) is 0 Å². The molecule has 0 aromatic carbocycles. The average Bonchev–Trinajstić information content (AvgIpc) is 2.22.